The highest BCUT2D eigenvalue weighted by Gasteiger charge is 2.42. The molecule has 2 rings (SSSR count). The second-order valence-electron chi connectivity index (χ2n) is 5.25. The van der Waals surface area contributed by atoms with E-state index in [0.29, 0.717) is 5.25 Å². The van der Waals surface area contributed by atoms with Crippen molar-refractivity contribution in [3.8, 4) is 0 Å². The molecule has 1 aliphatic carbocycles. The number of hydrogen-bond donors (Lipinski definition) is 1. The molecule has 1 heterocycles. The van der Waals surface area contributed by atoms with Gasteiger partial charge in [0.2, 0.25) is 0 Å². The Bertz CT molecular complexity index is 218. The van der Waals surface area contributed by atoms with Crippen LogP contribution in [0.1, 0.15) is 32.6 Å². The van der Waals surface area contributed by atoms with Crippen molar-refractivity contribution >= 4 is 11.8 Å². The third-order valence-corrected chi connectivity index (χ3v) is 5.68. The molecule has 3 heteroatoms. The Balaban J connectivity index is 2.02. The average molecular weight is 228 g/mol. The van der Waals surface area contributed by atoms with Crippen LogP contribution < -0.4 is 5.73 Å². The number of likely N-dealkylation sites (N-methyl/N-ethyl adjacent to an activating group) is 1. The number of nitrogens with two attached hydrogens (primary N) is 1. The molecule has 0 spiro atoms. The first kappa shape index (κ1) is 11.7. The lowest BCUT2D eigenvalue weighted by Gasteiger charge is -2.48. The SMILES string of the molecule is CC1SCCCC1(CN)N(C)CC1CC1. The first-order valence-electron chi connectivity index (χ1n) is 6.22. The molecular weight excluding hydrogens is 204 g/mol. The van der Waals surface area contributed by atoms with Crippen LogP contribution in [0.5, 0.6) is 0 Å². The molecule has 2 fully saturated rings. The highest BCUT2D eigenvalue weighted by Crippen LogP contribution is 2.39. The number of rotatable bonds is 4. The van der Waals surface area contributed by atoms with Gasteiger partial charge in [0.15, 0.2) is 0 Å². The molecule has 15 heavy (non-hydrogen) atoms. The molecule has 0 radical (unpaired) electrons. The summed E-state index contributed by atoms with van der Waals surface area (Å²) >= 11 is 2.10. The highest BCUT2D eigenvalue weighted by atomic mass is 32.2. The summed E-state index contributed by atoms with van der Waals surface area (Å²) in [5, 5.41) is 0.694. The lowest BCUT2D eigenvalue weighted by atomic mass is 9.87. The monoisotopic (exact) mass is 228 g/mol. The number of thioether (sulfide) groups is 1. The fourth-order valence-electron chi connectivity index (χ4n) is 2.79. The summed E-state index contributed by atoms with van der Waals surface area (Å²) in [7, 11) is 2.29. The van der Waals surface area contributed by atoms with Crippen molar-refractivity contribution in [1.29, 1.82) is 0 Å². The zero-order valence-corrected chi connectivity index (χ0v) is 10.9. The van der Waals surface area contributed by atoms with Crippen LogP contribution in [0.4, 0.5) is 0 Å². The zero-order valence-electron chi connectivity index (χ0n) is 10.0. The van der Waals surface area contributed by atoms with Crippen molar-refractivity contribution in [3.05, 3.63) is 0 Å². The third-order valence-electron chi connectivity index (χ3n) is 4.22. The maximum Gasteiger partial charge on any atom is 0.0444 e. The molecule has 0 aromatic carbocycles. The second-order valence-corrected chi connectivity index (χ2v) is 6.70. The molecular formula is C12H24N2S. The van der Waals surface area contributed by atoms with Crippen molar-refractivity contribution in [3.63, 3.8) is 0 Å². The van der Waals surface area contributed by atoms with E-state index >= 15 is 0 Å². The molecule has 0 aromatic heterocycles. The van der Waals surface area contributed by atoms with Crippen molar-refractivity contribution in [2.24, 2.45) is 11.7 Å². The van der Waals surface area contributed by atoms with Gasteiger partial charge >= 0.3 is 0 Å². The summed E-state index contributed by atoms with van der Waals surface area (Å²) in [6.07, 6.45) is 5.50. The van der Waals surface area contributed by atoms with Gasteiger partial charge < -0.3 is 5.73 Å². The average Bonchev–Trinajstić information content (AvgIpc) is 3.02. The first-order valence-corrected chi connectivity index (χ1v) is 7.27. The van der Waals surface area contributed by atoms with E-state index in [0.717, 1.165) is 12.5 Å². The van der Waals surface area contributed by atoms with Crippen LogP contribution >= 0.6 is 11.8 Å². The minimum Gasteiger partial charge on any atom is -0.329 e. The molecule has 1 saturated carbocycles. The largest absolute Gasteiger partial charge is 0.329 e. The Labute approximate surface area is 98.0 Å². The maximum atomic E-state index is 6.07. The van der Waals surface area contributed by atoms with E-state index in [1.54, 1.807) is 0 Å². The molecule has 2 aliphatic rings. The molecule has 0 bridgehead atoms. The van der Waals surface area contributed by atoms with E-state index in [2.05, 4.69) is 30.6 Å². The van der Waals surface area contributed by atoms with E-state index in [9.17, 15) is 0 Å². The van der Waals surface area contributed by atoms with E-state index in [1.165, 1.54) is 38.0 Å². The van der Waals surface area contributed by atoms with Gasteiger partial charge in [0.25, 0.3) is 0 Å². The van der Waals surface area contributed by atoms with Crippen molar-refractivity contribution in [1.82, 2.24) is 4.90 Å². The van der Waals surface area contributed by atoms with Gasteiger partial charge in [-0.2, -0.15) is 11.8 Å². The van der Waals surface area contributed by atoms with Crippen molar-refractivity contribution < 1.29 is 0 Å². The highest BCUT2D eigenvalue weighted by molar-refractivity contribution is 8.00. The Kier molecular flexibility index (Phi) is 3.63. The van der Waals surface area contributed by atoms with Crippen LogP contribution in [0.15, 0.2) is 0 Å². The molecule has 2 unspecified atom stereocenters. The van der Waals surface area contributed by atoms with Gasteiger partial charge in [0.1, 0.15) is 0 Å². The number of hydrogen-bond acceptors (Lipinski definition) is 3. The molecule has 2 atom stereocenters. The fourth-order valence-corrected chi connectivity index (χ4v) is 4.16. The third kappa shape index (κ3) is 2.34. The molecule has 88 valence electrons. The van der Waals surface area contributed by atoms with Crippen LogP contribution in [0, 0.1) is 5.92 Å². The fraction of sp³-hybridized carbons (Fsp3) is 1.00. The molecule has 1 saturated heterocycles. The van der Waals surface area contributed by atoms with Crippen LogP contribution in [0.2, 0.25) is 0 Å². The normalized spacial score (nSPS) is 37.2. The summed E-state index contributed by atoms with van der Waals surface area (Å²) in [6.45, 7) is 4.45. The topological polar surface area (TPSA) is 29.3 Å². The zero-order chi connectivity index (χ0) is 10.9. The lowest BCUT2D eigenvalue weighted by molar-refractivity contribution is 0.106. The molecule has 1 aliphatic heterocycles. The first-order chi connectivity index (χ1) is 7.19. The van der Waals surface area contributed by atoms with E-state index in [4.69, 9.17) is 5.73 Å². The predicted octanol–water partition coefficient (Wildman–Crippen LogP) is 1.94. The van der Waals surface area contributed by atoms with Gasteiger partial charge in [-0.1, -0.05) is 6.92 Å². The molecule has 2 nitrogen and oxygen atoms in total. The van der Waals surface area contributed by atoms with Crippen molar-refractivity contribution in [2.75, 3.05) is 25.9 Å². The van der Waals surface area contributed by atoms with Gasteiger partial charge in [-0.15, -0.1) is 0 Å². The van der Waals surface area contributed by atoms with E-state index in [1.807, 2.05) is 0 Å². The summed E-state index contributed by atoms with van der Waals surface area (Å²) < 4.78 is 0. The van der Waals surface area contributed by atoms with Gasteiger partial charge in [-0.25, -0.2) is 0 Å². The molecule has 2 N–H and O–H groups in total. The Morgan fingerprint density at radius 3 is 2.73 bits per heavy atom. The van der Waals surface area contributed by atoms with Gasteiger partial charge in [-0.05, 0) is 44.4 Å². The van der Waals surface area contributed by atoms with Crippen LogP contribution in [-0.4, -0.2) is 41.6 Å². The van der Waals surface area contributed by atoms with E-state index < -0.39 is 0 Å². The van der Waals surface area contributed by atoms with Crippen LogP contribution in [-0.2, 0) is 0 Å². The maximum absolute atomic E-state index is 6.07. The second kappa shape index (κ2) is 4.64. The Hall–Kier alpha value is 0.270. The summed E-state index contributed by atoms with van der Waals surface area (Å²) in [5.74, 6) is 2.29. The standard InChI is InChI=1S/C12H24N2S/c1-10-12(9-13,6-3-7-15-10)14(2)8-11-4-5-11/h10-11H,3-9,13H2,1-2H3. The van der Waals surface area contributed by atoms with Crippen LogP contribution in [0.25, 0.3) is 0 Å². The number of nitrogens with zero attached hydrogens (tertiary/aromatic N) is 1. The quantitative estimate of drug-likeness (QED) is 0.797. The van der Waals surface area contributed by atoms with Gasteiger partial charge in [0, 0.05) is 23.9 Å². The lowest BCUT2D eigenvalue weighted by Crippen LogP contribution is -2.59. The summed E-state index contributed by atoms with van der Waals surface area (Å²) in [4.78, 5) is 2.57. The van der Waals surface area contributed by atoms with Crippen LogP contribution in [0.3, 0.4) is 0 Å². The Morgan fingerprint density at radius 2 is 2.20 bits per heavy atom. The smallest absolute Gasteiger partial charge is 0.0444 e. The minimum atomic E-state index is 0.283. The predicted molar refractivity (Wildman–Crippen MR) is 68.3 cm³/mol. The molecule has 0 aromatic rings. The van der Waals surface area contributed by atoms with E-state index in [-0.39, 0.29) is 5.54 Å². The van der Waals surface area contributed by atoms with Gasteiger partial charge in [0.05, 0.1) is 0 Å². The van der Waals surface area contributed by atoms with Crippen molar-refractivity contribution in [2.45, 2.75) is 43.4 Å². The molecule has 0 amide bonds. The van der Waals surface area contributed by atoms with Gasteiger partial charge in [-0.3, -0.25) is 4.90 Å². The summed E-state index contributed by atoms with van der Waals surface area (Å²) in [5.41, 5.74) is 6.35. The minimum absolute atomic E-state index is 0.283. The Morgan fingerprint density at radius 1 is 1.47 bits per heavy atom. The summed E-state index contributed by atoms with van der Waals surface area (Å²) in [6, 6.07) is 0.